The van der Waals surface area contributed by atoms with Gasteiger partial charge in [0.1, 0.15) is 0 Å². The molecule has 1 aromatic heterocycles. The molecule has 2 heterocycles. The Kier molecular flexibility index (Phi) is 4.58. The summed E-state index contributed by atoms with van der Waals surface area (Å²) in [6.07, 6.45) is -3.12. The molecule has 1 aliphatic heterocycles. The Balaban J connectivity index is 1.73. The number of nitrogens with zero attached hydrogens (tertiary/aromatic N) is 2. The van der Waals surface area contributed by atoms with Gasteiger partial charge in [-0.1, -0.05) is 12.1 Å². The normalized spacial score (nSPS) is 20.2. The number of carbonyl (C=O) groups is 2. The molecule has 1 fully saturated rings. The van der Waals surface area contributed by atoms with Crippen LogP contribution in [0.1, 0.15) is 0 Å². The van der Waals surface area contributed by atoms with E-state index in [4.69, 9.17) is 5.11 Å². The fraction of sp³-hybridized carbons (Fsp3) is 0.312. The molecule has 7 nitrogen and oxygen atoms in total. The number of carbonyl (C=O) groups excluding carboxylic acids is 1. The van der Waals surface area contributed by atoms with E-state index in [0.717, 1.165) is 10.5 Å². The summed E-state index contributed by atoms with van der Waals surface area (Å²) in [4.78, 5) is 24.3. The van der Waals surface area contributed by atoms with E-state index in [1.165, 1.54) is 0 Å². The Morgan fingerprint density at radius 2 is 2.04 bits per heavy atom. The van der Waals surface area contributed by atoms with Crippen molar-refractivity contribution in [3.63, 3.8) is 0 Å². The van der Waals surface area contributed by atoms with Crippen molar-refractivity contribution in [1.29, 1.82) is 0 Å². The van der Waals surface area contributed by atoms with E-state index in [1.54, 1.807) is 36.5 Å². The van der Waals surface area contributed by atoms with Crippen LogP contribution in [0.3, 0.4) is 0 Å². The third kappa shape index (κ3) is 3.63. The first-order chi connectivity index (χ1) is 12.3. The summed E-state index contributed by atoms with van der Waals surface area (Å²) in [6, 6.07) is 7.63. The van der Waals surface area contributed by atoms with E-state index in [9.17, 15) is 22.8 Å². The van der Waals surface area contributed by atoms with Gasteiger partial charge in [0, 0.05) is 30.5 Å². The van der Waals surface area contributed by atoms with Crippen LogP contribution in [-0.2, 0) is 4.79 Å². The lowest BCUT2D eigenvalue weighted by Gasteiger charge is -2.19. The fourth-order valence-electron chi connectivity index (χ4n) is 2.94. The molecule has 2 aromatic rings. The maximum atomic E-state index is 13.0. The number of nitrogens with one attached hydrogen (secondary N) is 2. The summed E-state index contributed by atoms with van der Waals surface area (Å²) in [6.45, 7) is -1.18. The van der Waals surface area contributed by atoms with Gasteiger partial charge in [0.05, 0.1) is 17.5 Å². The van der Waals surface area contributed by atoms with E-state index in [1.807, 2.05) is 0 Å². The van der Waals surface area contributed by atoms with Crippen molar-refractivity contribution in [3.8, 4) is 11.3 Å². The Morgan fingerprint density at radius 1 is 1.27 bits per heavy atom. The minimum absolute atomic E-state index is 0.379. The van der Waals surface area contributed by atoms with Crippen molar-refractivity contribution < 1.29 is 27.9 Å². The number of carboxylic acids is 1. The van der Waals surface area contributed by atoms with Crippen LogP contribution >= 0.6 is 0 Å². The van der Waals surface area contributed by atoms with E-state index in [2.05, 4.69) is 15.5 Å². The van der Waals surface area contributed by atoms with E-state index < -0.39 is 43.1 Å². The number of anilines is 1. The second kappa shape index (κ2) is 6.70. The molecule has 0 aliphatic carbocycles. The van der Waals surface area contributed by atoms with Crippen molar-refractivity contribution in [2.45, 2.75) is 6.18 Å². The van der Waals surface area contributed by atoms with Gasteiger partial charge in [-0.25, -0.2) is 4.79 Å². The highest BCUT2D eigenvalue weighted by molar-refractivity contribution is 5.91. The minimum atomic E-state index is -4.68. The third-order valence-electron chi connectivity index (χ3n) is 4.27. The average Bonchev–Trinajstić information content (AvgIpc) is 3.24. The number of halogens is 3. The molecule has 0 bridgehead atoms. The summed E-state index contributed by atoms with van der Waals surface area (Å²) < 4.78 is 39.0. The van der Waals surface area contributed by atoms with Gasteiger partial charge in [0.25, 0.3) is 0 Å². The molecule has 138 valence electrons. The van der Waals surface area contributed by atoms with Crippen LogP contribution < -0.4 is 5.32 Å². The monoisotopic (exact) mass is 368 g/mol. The SMILES string of the molecule is O=C(O)[C@@H]1CN(C(=O)Nc2cccc(-c3ccn[nH]3)c2)C[C@H]1C(F)(F)F. The second-order valence-electron chi connectivity index (χ2n) is 5.98. The number of H-pyrrole nitrogens is 1. The van der Waals surface area contributed by atoms with Crippen molar-refractivity contribution >= 4 is 17.7 Å². The Labute approximate surface area is 145 Å². The average molecular weight is 368 g/mol. The Morgan fingerprint density at radius 3 is 2.62 bits per heavy atom. The van der Waals surface area contributed by atoms with Gasteiger partial charge in [-0.05, 0) is 18.2 Å². The van der Waals surface area contributed by atoms with Crippen LogP contribution in [0.15, 0.2) is 36.5 Å². The molecule has 1 aromatic carbocycles. The van der Waals surface area contributed by atoms with Crippen LogP contribution in [-0.4, -0.2) is 51.5 Å². The summed E-state index contributed by atoms with van der Waals surface area (Å²) in [7, 11) is 0. The number of rotatable bonds is 3. The van der Waals surface area contributed by atoms with E-state index in [-0.39, 0.29) is 0 Å². The highest BCUT2D eigenvalue weighted by Crippen LogP contribution is 2.38. The predicted octanol–water partition coefficient (Wildman–Crippen LogP) is 2.80. The summed E-state index contributed by atoms with van der Waals surface area (Å²) in [5, 5.41) is 18.1. The van der Waals surface area contributed by atoms with Crippen molar-refractivity contribution in [1.82, 2.24) is 15.1 Å². The lowest BCUT2D eigenvalue weighted by atomic mass is 9.96. The van der Waals surface area contributed by atoms with E-state index in [0.29, 0.717) is 11.4 Å². The topological polar surface area (TPSA) is 98.3 Å². The van der Waals surface area contributed by atoms with Crippen LogP contribution in [0.25, 0.3) is 11.3 Å². The minimum Gasteiger partial charge on any atom is -0.481 e. The largest absolute Gasteiger partial charge is 0.481 e. The number of alkyl halides is 3. The highest BCUT2D eigenvalue weighted by Gasteiger charge is 2.53. The standard InChI is InChI=1S/C16H15F3N4O3/c17-16(18,19)12-8-23(7-11(12)14(24)25)15(26)21-10-3-1-2-9(6-10)13-4-5-20-22-13/h1-6,11-12H,7-8H2,(H,20,22)(H,21,26)(H,24,25)/t11-,12-/m1/s1. The van der Waals surface area contributed by atoms with Crippen LogP contribution in [0.5, 0.6) is 0 Å². The molecular weight excluding hydrogens is 353 g/mol. The molecule has 2 amide bonds. The van der Waals surface area contributed by atoms with Crippen molar-refractivity contribution in [2.75, 3.05) is 18.4 Å². The van der Waals surface area contributed by atoms with Gasteiger partial charge in [0.15, 0.2) is 0 Å². The number of aromatic amines is 1. The van der Waals surface area contributed by atoms with Gasteiger partial charge in [0.2, 0.25) is 0 Å². The van der Waals surface area contributed by atoms with Crippen LogP contribution in [0.2, 0.25) is 0 Å². The van der Waals surface area contributed by atoms with Crippen molar-refractivity contribution in [3.05, 3.63) is 36.5 Å². The maximum Gasteiger partial charge on any atom is 0.394 e. The quantitative estimate of drug-likeness (QED) is 0.776. The Bertz CT molecular complexity index is 807. The zero-order chi connectivity index (χ0) is 18.9. The zero-order valence-electron chi connectivity index (χ0n) is 13.3. The smallest absolute Gasteiger partial charge is 0.394 e. The predicted molar refractivity (Wildman–Crippen MR) is 85.3 cm³/mol. The molecule has 0 saturated carbocycles. The molecule has 10 heteroatoms. The van der Waals surface area contributed by atoms with Gasteiger partial charge in [-0.15, -0.1) is 0 Å². The summed E-state index contributed by atoms with van der Waals surface area (Å²) in [5.41, 5.74) is 1.83. The number of hydrogen-bond acceptors (Lipinski definition) is 3. The van der Waals surface area contributed by atoms with Crippen LogP contribution in [0, 0.1) is 11.8 Å². The molecule has 0 spiro atoms. The molecule has 1 aliphatic rings. The number of carboxylic acid groups (broad SMARTS) is 1. The number of aromatic nitrogens is 2. The Hall–Kier alpha value is -3.04. The highest BCUT2D eigenvalue weighted by atomic mass is 19.4. The lowest BCUT2D eigenvalue weighted by molar-refractivity contribution is -0.187. The molecule has 3 rings (SSSR count). The number of hydrogen-bond donors (Lipinski definition) is 3. The number of benzene rings is 1. The van der Waals surface area contributed by atoms with E-state index >= 15 is 0 Å². The van der Waals surface area contributed by atoms with Gasteiger partial charge >= 0.3 is 18.2 Å². The van der Waals surface area contributed by atoms with Gasteiger partial charge in [-0.3, -0.25) is 9.89 Å². The molecule has 3 N–H and O–H groups in total. The molecule has 1 saturated heterocycles. The number of amides is 2. The first kappa shape index (κ1) is 17.8. The maximum absolute atomic E-state index is 13.0. The fourth-order valence-corrected chi connectivity index (χ4v) is 2.94. The number of aliphatic carboxylic acids is 1. The van der Waals surface area contributed by atoms with Crippen molar-refractivity contribution in [2.24, 2.45) is 11.8 Å². The second-order valence-corrected chi connectivity index (χ2v) is 5.98. The van der Waals surface area contributed by atoms with Crippen LogP contribution in [0.4, 0.5) is 23.7 Å². The first-order valence-electron chi connectivity index (χ1n) is 7.71. The number of urea groups is 1. The molecule has 0 radical (unpaired) electrons. The van der Waals surface area contributed by atoms with Gasteiger partial charge < -0.3 is 15.3 Å². The van der Waals surface area contributed by atoms with Gasteiger partial charge in [-0.2, -0.15) is 18.3 Å². The zero-order valence-corrected chi connectivity index (χ0v) is 13.3. The summed E-state index contributed by atoms with van der Waals surface area (Å²) in [5.74, 6) is -5.32. The molecule has 0 unspecified atom stereocenters. The molecule has 2 atom stereocenters. The summed E-state index contributed by atoms with van der Waals surface area (Å²) >= 11 is 0. The molecule has 26 heavy (non-hydrogen) atoms. The number of likely N-dealkylation sites (tertiary alicyclic amines) is 1. The molecular formula is C16H15F3N4O3. The first-order valence-corrected chi connectivity index (χ1v) is 7.71. The third-order valence-corrected chi connectivity index (χ3v) is 4.27. The lowest BCUT2D eigenvalue weighted by Crippen LogP contribution is -2.35.